The summed E-state index contributed by atoms with van der Waals surface area (Å²) in [6, 6.07) is 16.2. The van der Waals surface area contributed by atoms with E-state index in [9.17, 15) is 4.39 Å². The number of hydrogen-bond acceptors (Lipinski definition) is 3. The van der Waals surface area contributed by atoms with Crippen molar-refractivity contribution in [3.63, 3.8) is 0 Å². The molecule has 130 valence electrons. The molecule has 0 amide bonds. The summed E-state index contributed by atoms with van der Waals surface area (Å²) in [5, 5.41) is 0. The largest absolute Gasteiger partial charge is 0.492 e. The van der Waals surface area contributed by atoms with Gasteiger partial charge in [0.05, 0.1) is 0 Å². The molecule has 3 rings (SSSR count). The molecule has 0 radical (unpaired) electrons. The van der Waals surface area contributed by atoms with Gasteiger partial charge in [-0.25, -0.2) is 4.39 Å². The minimum absolute atomic E-state index is 0. The van der Waals surface area contributed by atoms with Crippen LogP contribution in [0.1, 0.15) is 12.8 Å². The van der Waals surface area contributed by atoms with E-state index in [4.69, 9.17) is 9.47 Å². The fourth-order valence-corrected chi connectivity index (χ4v) is 2.77. The molecule has 5 heteroatoms. The third kappa shape index (κ3) is 5.69. The Morgan fingerprint density at radius 1 is 0.917 bits per heavy atom. The molecular formula is C19H23ClFNO2. The van der Waals surface area contributed by atoms with Crippen LogP contribution >= 0.6 is 12.4 Å². The van der Waals surface area contributed by atoms with Gasteiger partial charge >= 0.3 is 0 Å². The van der Waals surface area contributed by atoms with Crippen molar-refractivity contribution < 1.29 is 13.9 Å². The zero-order valence-electron chi connectivity index (χ0n) is 13.6. The lowest BCUT2D eigenvalue weighted by molar-refractivity contribution is 0.0915. The first-order chi connectivity index (χ1) is 11.3. The number of likely N-dealkylation sites (tertiary alicyclic amines) is 1. The zero-order chi connectivity index (χ0) is 15.9. The maximum atomic E-state index is 12.8. The second-order valence-corrected chi connectivity index (χ2v) is 5.77. The summed E-state index contributed by atoms with van der Waals surface area (Å²) < 4.78 is 24.5. The second-order valence-electron chi connectivity index (χ2n) is 5.77. The van der Waals surface area contributed by atoms with Crippen LogP contribution < -0.4 is 9.47 Å². The highest BCUT2D eigenvalue weighted by molar-refractivity contribution is 5.85. The number of para-hydroxylation sites is 1. The van der Waals surface area contributed by atoms with Gasteiger partial charge in [-0.1, -0.05) is 18.2 Å². The monoisotopic (exact) mass is 351 g/mol. The number of halogens is 2. The van der Waals surface area contributed by atoms with Crippen LogP contribution in [0, 0.1) is 5.82 Å². The smallest absolute Gasteiger partial charge is 0.123 e. The van der Waals surface area contributed by atoms with Crippen LogP contribution in [0.15, 0.2) is 54.6 Å². The molecule has 2 aromatic carbocycles. The van der Waals surface area contributed by atoms with E-state index in [0.717, 1.165) is 38.2 Å². The normalized spacial score (nSPS) is 15.5. The molecule has 1 aliphatic rings. The van der Waals surface area contributed by atoms with Gasteiger partial charge in [-0.2, -0.15) is 0 Å². The molecule has 24 heavy (non-hydrogen) atoms. The van der Waals surface area contributed by atoms with Crippen LogP contribution in [0.2, 0.25) is 0 Å². The SMILES string of the molecule is Cl.Fc1ccc(OCCN2CCC(Oc3ccccc3)CC2)cc1. The van der Waals surface area contributed by atoms with E-state index in [2.05, 4.69) is 4.90 Å². The van der Waals surface area contributed by atoms with Crippen LogP contribution in [-0.4, -0.2) is 37.2 Å². The van der Waals surface area contributed by atoms with E-state index in [-0.39, 0.29) is 18.2 Å². The van der Waals surface area contributed by atoms with Gasteiger partial charge in [0, 0.05) is 19.6 Å². The Bertz CT molecular complexity index is 586. The molecule has 1 aliphatic heterocycles. The summed E-state index contributed by atoms with van der Waals surface area (Å²) in [4.78, 5) is 2.38. The van der Waals surface area contributed by atoms with Crippen LogP contribution in [0.4, 0.5) is 4.39 Å². The van der Waals surface area contributed by atoms with Gasteiger partial charge in [0.1, 0.15) is 30.0 Å². The van der Waals surface area contributed by atoms with E-state index in [1.807, 2.05) is 30.3 Å². The highest BCUT2D eigenvalue weighted by Gasteiger charge is 2.20. The zero-order valence-corrected chi connectivity index (χ0v) is 14.4. The van der Waals surface area contributed by atoms with Crippen molar-refractivity contribution in [1.82, 2.24) is 4.90 Å². The predicted octanol–water partition coefficient (Wildman–Crippen LogP) is 4.17. The first-order valence-electron chi connectivity index (χ1n) is 8.12. The summed E-state index contributed by atoms with van der Waals surface area (Å²) in [5.74, 6) is 1.43. The Kier molecular flexibility index (Phi) is 7.35. The molecule has 0 aliphatic carbocycles. The van der Waals surface area contributed by atoms with Crippen LogP contribution in [0.3, 0.4) is 0 Å². The highest BCUT2D eigenvalue weighted by Crippen LogP contribution is 2.18. The van der Waals surface area contributed by atoms with Crippen molar-refractivity contribution in [2.45, 2.75) is 18.9 Å². The summed E-state index contributed by atoms with van der Waals surface area (Å²) >= 11 is 0. The molecule has 1 heterocycles. The van der Waals surface area contributed by atoms with Crippen molar-refractivity contribution in [1.29, 1.82) is 0 Å². The lowest BCUT2D eigenvalue weighted by Gasteiger charge is -2.32. The van der Waals surface area contributed by atoms with Gasteiger partial charge in [0.2, 0.25) is 0 Å². The molecule has 0 saturated carbocycles. The molecule has 0 bridgehead atoms. The van der Waals surface area contributed by atoms with Crippen LogP contribution in [0.25, 0.3) is 0 Å². The van der Waals surface area contributed by atoms with Gasteiger partial charge < -0.3 is 9.47 Å². The summed E-state index contributed by atoms with van der Waals surface area (Å²) in [6.07, 6.45) is 2.36. The maximum absolute atomic E-state index is 12.8. The third-order valence-corrected chi connectivity index (χ3v) is 4.07. The van der Waals surface area contributed by atoms with Crippen LogP contribution in [-0.2, 0) is 0 Å². The van der Waals surface area contributed by atoms with Crippen LogP contribution in [0.5, 0.6) is 11.5 Å². The summed E-state index contributed by atoms with van der Waals surface area (Å²) in [7, 11) is 0. The first-order valence-corrected chi connectivity index (χ1v) is 8.12. The maximum Gasteiger partial charge on any atom is 0.123 e. The van der Waals surface area contributed by atoms with E-state index >= 15 is 0 Å². The topological polar surface area (TPSA) is 21.7 Å². The quantitative estimate of drug-likeness (QED) is 0.779. The lowest BCUT2D eigenvalue weighted by Crippen LogP contribution is -2.40. The number of ether oxygens (including phenoxy) is 2. The number of nitrogens with zero attached hydrogens (tertiary/aromatic N) is 1. The lowest BCUT2D eigenvalue weighted by atomic mass is 10.1. The van der Waals surface area contributed by atoms with E-state index in [1.165, 1.54) is 12.1 Å². The average molecular weight is 352 g/mol. The molecule has 0 aromatic heterocycles. The molecule has 2 aromatic rings. The molecule has 3 nitrogen and oxygen atoms in total. The number of rotatable bonds is 6. The number of piperidine rings is 1. The second kappa shape index (κ2) is 9.50. The number of hydrogen-bond donors (Lipinski definition) is 0. The van der Waals surface area contributed by atoms with Crippen molar-refractivity contribution >= 4 is 12.4 Å². The minimum atomic E-state index is -0.238. The van der Waals surface area contributed by atoms with E-state index in [0.29, 0.717) is 18.5 Å². The third-order valence-electron chi connectivity index (χ3n) is 4.07. The molecule has 0 N–H and O–H groups in total. The van der Waals surface area contributed by atoms with E-state index < -0.39 is 0 Å². The minimum Gasteiger partial charge on any atom is -0.492 e. The van der Waals surface area contributed by atoms with Crippen molar-refractivity contribution in [2.24, 2.45) is 0 Å². The Hall–Kier alpha value is -1.78. The molecule has 1 fully saturated rings. The fraction of sp³-hybridized carbons (Fsp3) is 0.368. The molecule has 0 unspecified atom stereocenters. The van der Waals surface area contributed by atoms with Gasteiger partial charge in [-0.3, -0.25) is 4.90 Å². The standard InChI is InChI=1S/C19H22FNO2.ClH/c20-16-6-8-17(9-7-16)22-15-14-21-12-10-19(11-13-21)23-18-4-2-1-3-5-18;/h1-9,19H,10-15H2;1H. The summed E-state index contributed by atoms with van der Waals surface area (Å²) in [5.41, 5.74) is 0. The Balaban J connectivity index is 0.00000208. The van der Waals surface area contributed by atoms with Crippen molar-refractivity contribution in [3.8, 4) is 11.5 Å². The Morgan fingerprint density at radius 2 is 1.58 bits per heavy atom. The molecular weight excluding hydrogens is 329 g/mol. The fourth-order valence-electron chi connectivity index (χ4n) is 2.77. The van der Waals surface area contributed by atoms with E-state index in [1.54, 1.807) is 12.1 Å². The van der Waals surface area contributed by atoms with Gasteiger partial charge in [0.25, 0.3) is 0 Å². The first kappa shape index (κ1) is 18.6. The molecule has 0 spiro atoms. The summed E-state index contributed by atoms with van der Waals surface area (Å²) in [6.45, 7) is 3.54. The molecule has 0 atom stereocenters. The predicted molar refractivity (Wildman–Crippen MR) is 95.7 cm³/mol. The van der Waals surface area contributed by atoms with Gasteiger partial charge in [-0.05, 0) is 49.2 Å². The average Bonchev–Trinajstić information content (AvgIpc) is 2.59. The Labute approximate surface area is 148 Å². The Morgan fingerprint density at radius 3 is 2.25 bits per heavy atom. The molecule has 1 saturated heterocycles. The number of benzene rings is 2. The van der Waals surface area contributed by atoms with Gasteiger partial charge in [0.15, 0.2) is 0 Å². The van der Waals surface area contributed by atoms with Gasteiger partial charge in [-0.15, -0.1) is 12.4 Å². The van der Waals surface area contributed by atoms with Crippen molar-refractivity contribution in [2.75, 3.05) is 26.2 Å². The highest BCUT2D eigenvalue weighted by atomic mass is 35.5. The van der Waals surface area contributed by atoms with Crippen molar-refractivity contribution in [3.05, 3.63) is 60.4 Å².